The van der Waals surface area contributed by atoms with Gasteiger partial charge in [-0.05, 0) is 24.3 Å². The van der Waals surface area contributed by atoms with Crippen LogP contribution in [0.15, 0.2) is 67.9 Å². The van der Waals surface area contributed by atoms with Gasteiger partial charge in [-0.1, -0.05) is 36.0 Å². The van der Waals surface area contributed by atoms with Crippen molar-refractivity contribution in [3.63, 3.8) is 0 Å². The average molecular weight is 450 g/mol. The number of carbonyl (C=O) groups is 2. The Balaban J connectivity index is 1.83. The number of Topliss-reactive ketones (excluding diaryl/α,β-unsaturated/α-hetero) is 1. The topological polar surface area (TPSA) is 137 Å². The van der Waals surface area contributed by atoms with E-state index in [9.17, 15) is 24.4 Å². The number of hydrogen-bond donors (Lipinski definition) is 1. The number of rotatable bonds is 6. The fraction of sp³-hybridized carbons (Fsp3) is 0.136. The third-order valence-electron chi connectivity index (χ3n) is 4.66. The van der Waals surface area contributed by atoms with Crippen LogP contribution in [0.5, 0.6) is 0 Å². The van der Waals surface area contributed by atoms with Crippen molar-refractivity contribution in [1.82, 2.24) is 9.13 Å². The van der Waals surface area contributed by atoms with Gasteiger partial charge in [0.2, 0.25) is 5.78 Å². The quantitative estimate of drug-likeness (QED) is 0.443. The molecule has 1 aromatic heterocycles. The summed E-state index contributed by atoms with van der Waals surface area (Å²) in [7, 11) is 2.55. The maximum absolute atomic E-state index is 12.7. The van der Waals surface area contributed by atoms with Crippen LogP contribution >= 0.6 is 11.8 Å². The molecule has 1 heterocycles. The number of nitrogens with zero attached hydrogens (tertiary/aromatic N) is 3. The number of hydrogen-bond acceptors (Lipinski definition) is 8. The van der Waals surface area contributed by atoms with Crippen LogP contribution in [-0.2, 0) is 18.8 Å². The molecule has 162 valence electrons. The van der Waals surface area contributed by atoms with Gasteiger partial charge in [-0.15, -0.1) is 0 Å². The fourth-order valence-electron chi connectivity index (χ4n) is 2.89. The van der Waals surface area contributed by atoms with E-state index in [4.69, 9.17) is 10.5 Å². The molecule has 0 fully saturated rings. The van der Waals surface area contributed by atoms with Crippen molar-refractivity contribution < 1.29 is 14.3 Å². The summed E-state index contributed by atoms with van der Waals surface area (Å²) in [5, 5.41) is 9.28. The predicted molar refractivity (Wildman–Crippen MR) is 118 cm³/mol. The highest BCUT2D eigenvalue weighted by Crippen LogP contribution is 2.32. The summed E-state index contributed by atoms with van der Waals surface area (Å²) in [6, 6.07) is 15.6. The Morgan fingerprint density at radius 1 is 1.03 bits per heavy atom. The molecule has 0 atom stereocenters. The number of esters is 1. The van der Waals surface area contributed by atoms with E-state index in [1.165, 1.54) is 31.9 Å². The van der Waals surface area contributed by atoms with Gasteiger partial charge in [0.05, 0.1) is 11.1 Å². The Hall–Kier alpha value is -4.10. The van der Waals surface area contributed by atoms with Gasteiger partial charge in [-0.2, -0.15) is 5.26 Å². The Morgan fingerprint density at radius 2 is 1.66 bits per heavy atom. The molecule has 0 unspecified atom stereocenters. The number of ether oxygens (including phenoxy) is 1. The van der Waals surface area contributed by atoms with Crippen molar-refractivity contribution in [2.45, 2.75) is 9.79 Å². The summed E-state index contributed by atoms with van der Waals surface area (Å²) in [4.78, 5) is 50.7. The Labute approximate surface area is 186 Å². The van der Waals surface area contributed by atoms with Crippen molar-refractivity contribution in [2.24, 2.45) is 14.1 Å². The minimum Gasteiger partial charge on any atom is -0.454 e. The van der Waals surface area contributed by atoms with Crippen molar-refractivity contribution in [2.75, 3.05) is 12.3 Å². The first-order valence-corrected chi connectivity index (χ1v) is 10.1. The minimum absolute atomic E-state index is 0.194. The molecule has 0 aliphatic carbocycles. The molecule has 0 saturated heterocycles. The van der Waals surface area contributed by atoms with Crippen molar-refractivity contribution in [3.8, 4) is 6.07 Å². The van der Waals surface area contributed by atoms with Crippen LogP contribution < -0.4 is 17.0 Å². The SMILES string of the molecule is Cn1c(N)c(C(=O)COC(=O)c2ccccc2Sc2ccccc2C#N)c(=O)n(C)c1=O. The van der Waals surface area contributed by atoms with Crippen molar-refractivity contribution in [3.05, 3.63) is 86.1 Å². The number of nitriles is 1. The van der Waals surface area contributed by atoms with Gasteiger partial charge in [0.25, 0.3) is 5.56 Å². The summed E-state index contributed by atoms with van der Waals surface area (Å²) in [6.07, 6.45) is 0. The van der Waals surface area contributed by atoms with E-state index in [0.717, 1.165) is 9.13 Å². The van der Waals surface area contributed by atoms with Crippen molar-refractivity contribution in [1.29, 1.82) is 5.26 Å². The van der Waals surface area contributed by atoms with Crippen LogP contribution in [0.4, 0.5) is 5.82 Å². The maximum Gasteiger partial charge on any atom is 0.339 e. The van der Waals surface area contributed by atoms with E-state index >= 15 is 0 Å². The number of ketones is 1. The second kappa shape index (κ2) is 9.36. The van der Waals surface area contributed by atoms with Crippen molar-refractivity contribution >= 4 is 29.3 Å². The largest absolute Gasteiger partial charge is 0.454 e. The summed E-state index contributed by atoms with van der Waals surface area (Å²) >= 11 is 1.22. The molecule has 0 aliphatic heterocycles. The summed E-state index contributed by atoms with van der Waals surface area (Å²) in [6.45, 7) is -0.732. The molecule has 9 nitrogen and oxygen atoms in total. The summed E-state index contributed by atoms with van der Waals surface area (Å²) in [5.74, 6) is -1.91. The number of nitrogen functional groups attached to an aromatic ring is 1. The number of carbonyl (C=O) groups excluding carboxylic acids is 2. The van der Waals surface area contributed by atoms with Gasteiger partial charge in [0.15, 0.2) is 6.61 Å². The molecule has 0 aliphatic rings. The molecule has 2 N–H and O–H groups in total. The van der Waals surface area contributed by atoms with Crippen LogP contribution in [-0.4, -0.2) is 27.5 Å². The zero-order valence-electron chi connectivity index (χ0n) is 17.2. The van der Waals surface area contributed by atoms with E-state index < -0.39 is 35.2 Å². The first-order chi connectivity index (χ1) is 15.3. The lowest BCUT2D eigenvalue weighted by atomic mass is 10.2. The zero-order valence-corrected chi connectivity index (χ0v) is 18.0. The lowest BCUT2D eigenvalue weighted by Gasteiger charge is -2.12. The third kappa shape index (κ3) is 4.33. The average Bonchev–Trinajstić information content (AvgIpc) is 2.80. The Kier molecular flexibility index (Phi) is 6.61. The van der Waals surface area contributed by atoms with Gasteiger partial charge in [-0.25, -0.2) is 9.59 Å². The van der Waals surface area contributed by atoms with Crippen LogP contribution in [0.2, 0.25) is 0 Å². The molecular weight excluding hydrogens is 432 g/mol. The van der Waals surface area contributed by atoms with E-state index in [2.05, 4.69) is 6.07 Å². The molecule has 2 aromatic carbocycles. The highest BCUT2D eigenvalue weighted by molar-refractivity contribution is 7.99. The van der Waals surface area contributed by atoms with Gasteiger partial charge in [-0.3, -0.25) is 18.7 Å². The fourth-order valence-corrected chi connectivity index (χ4v) is 3.91. The molecule has 0 bridgehead atoms. The van der Waals surface area contributed by atoms with Crippen LogP contribution in [0, 0.1) is 11.3 Å². The summed E-state index contributed by atoms with van der Waals surface area (Å²) < 4.78 is 6.86. The van der Waals surface area contributed by atoms with Gasteiger partial charge >= 0.3 is 11.7 Å². The number of aromatic nitrogens is 2. The highest BCUT2D eigenvalue weighted by atomic mass is 32.2. The molecule has 10 heteroatoms. The second-order valence-electron chi connectivity index (χ2n) is 6.67. The van der Waals surface area contributed by atoms with Crippen LogP contribution in [0.25, 0.3) is 0 Å². The summed E-state index contributed by atoms with van der Waals surface area (Å²) in [5.41, 5.74) is 4.45. The molecule has 3 rings (SSSR count). The predicted octanol–water partition coefficient (Wildman–Crippen LogP) is 1.73. The molecule has 0 radical (unpaired) electrons. The smallest absolute Gasteiger partial charge is 0.339 e. The van der Waals surface area contributed by atoms with E-state index in [0.29, 0.717) is 15.4 Å². The van der Waals surface area contributed by atoms with Crippen LogP contribution in [0.3, 0.4) is 0 Å². The second-order valence-corrected chi connectivity index (χ2v) is 7.76. The first-order valence-electron chi connectivity index (χ1n) is 9.28. The van der Waals surface area contributed by atoms with E-state index in [-0.39, 0.29) is 11.4 Å². The Bertz CT molecular complexity index is 1380. The van der Waals surface area contributed by atoms with Gasteiger partial charge in [0, 0.05) is 23.9 Å². The lowest BCUT2D eigenvalue weighted by molar-refractivity contribution is 0.0470. The number of nitrogens with two attached hydrogens (primary N) is 1. The molecule has 0 spiro atoms. The van der Waals surface area contributed by atoms with Crippen LogP contribution in [0.1, 0.15) is 26.3 Å². The zero-order chi connectivity index (χ0) is 23.4. The van der Waals surface area contributed by atoms with E-state index in [1.807, 2.05) is 0 Å². The normalized spacial score (nSPS) is 10.4. The van der Waals surface area contributed by atoms with Gasteiger partial charge < -0.3 is 10.5 Å². The standard InChI is InChI=1S/C22H18N4O5S/c1-25-19(24)18(20(28)26(2)22(25)30)15(27)12-31-21(29)14-8-4-6-10-17(14)32-16-9-5-3-7-13(16)11-23/h3-10H,12,24H2,1-2H3. The lowest BCUT2D eigenvalue weighted by Crippen LogP contribution is -2.42. The highest BCUT2D eigenvalue weighted by Gasteiger charge is 2.22. The van der Waals surface area contributed by atoms with Gasteiger partial charge in [0.1, 0.15) is 17.5 Å². The monoisotopic (exact) mass is 450 g/mol. The minimum atomic E-state index is -0.865. The molecule has 3 aromatic rings. The third-order valence-corrected chi connectivity index (χ3v) is 5.81. The number of benzene rings is 2. The Morgan fingerprint density at radius 3 is 2.34 bits per heavy atom. The molecule has 0 saturated carbocycles. The first kappa shape index (κ1) is 22.6. The molecule has 32 heavy (non-hydrogen) atoms. The molecular formula is C22H18N4O5S. The molecule has 0 amide bonds. The van der Waals surface area contributed by atoms with E-state index in [1.54, 1.807) is 42.5 Å². The maximum atomic E-state index is 12.7. The number of anilines is 1.